The highest BCUT2D eigenvalue weighted by Crippen LogP contribution is 2.31. The number of aromatic nitrogens is 2. The minimum atomic E-state index is -0.450. The van der Waals surface area contributed by atoms with E-state index in [1.807, 2.05) is 75.4 Å². The Kier molecular flexibility index (Phi) is 5.42. The number of amides is 1. The minimum Gasteiger partial charge on any atom is -0.420 e. The summed E-state index contributed by atoms with van der Waals surface area (Å²) < 4.78 is 5.74. The Labute approximate surface area is 157 Å². The fourth-order valence-corrected chi connectivity index (χ4v) is 3.00. The molecular formula is C20H21N3O2S. The second-order valence-corrected chi connectivity index (χ2v) is 7.87. The third-order valence-corrected chi connectivity index (χ3v) is 4.71. The predicted molar refractivity (Wildman–Crippen MR) is 104 cm³/mol. The van der Waals surface area contributed by atoms with E-state index in [9.17, 15) is 4.79 Å². The zero-order valence-electron chi connectivity index (χ0n) is 15.0. The molecule has 134 valence electrons. The van der Waals surface area contributed by atoms with E-state index in [1.54, 1.807) is 11.8 Å². The molecule has 1 amide bonds. The molecule has 3 aromatic rings. The lowest BCUT2D eigenvalue weighted by molar-refractivity contribution is -0.123. The molecule has 0 saturated carbocycles. The number of carbonyl (C=O) groups excluding carboxylic acids is 1. The lowest BCUT2D eigenvalue weighted by Crippen LogP contribution is -2.27. The first-order valence-corrected chi connectivity index (χ1v) is 9.33. The van der Waals surface area contributed by atoms with Gasteiger partial charge >= 0.3 is 0 Å². The third-order valence-electron chi connectivity index (χ3n) is 3.66. The van der Waals surface area contributed by atoms with Crippen LogP contribution in [0.25, 0.3) is 11.5 Å². The van der Waals surface area contributed by atoms with E-state index < -0.39 is 5.41 Å². The zero-order valence-corrected chi connectivity index (χ0v) is 15.8. The van der Waals surface area contributed by atoms with Crippen LogP contribution in [0.1, 0.15) is 26.7 Å². The molecule has 1 N–H and O–H groups in total. The molecule has 3 rings (SSSR count). The van der Waals surface area contributed by atoms with Crippen LogP contribution < -0.4 is 5.32 Å². The molecule has 2 aromatic carbocycles. The second-order valence-electron chi connectivity index (χ2n) is 6.86. The van der Waals surface area contributed by atoms with Gasteiger partial charge in [0.25, 0.3) is 0 Å². The van der Waals surface area contributed by atoms with Crippen molar-refractivity contribution in [3.05, 3.63) is 60.5 Å². The number of thioether (sulfide) groups is 1. The first kappa shape index (κ1) is 18.2. The summed E-state index contributed by atoms with van der Waals surface area (Å²) in [5, 5.41) is 11.2. The standard InChI is InChI=1S/C20H21N3O2S/c1-20(2,3)19(24)21-15-11-7-8-12-16(15)26-13-17-22-23-18(25-17)14-9-5-4-6-10-14/h4-12H,13H2,1-3H3,(H,21,24). The summed E-state index contributed by atoms with van der Waals surface area (Å²) in [4.78, 5) is 13.2. The Hall–Kier alpha value is -2.60. The van der Waals surface area contributed by atoms with Gasteiger partial charge < -0.3 is 9.73 Å². The first-order chi connectivity index (χ1) is 12.4. The molecule has 6 heteroatoms. The van der Waals surface area contributed by atoms with Crippen LogP contribution >= 0.6 is 11.8 Å². The van der Waals surface area contributed by atoms with Crippen molar-refractivity contribution in [2.75, 3.05) is 5.32 Å². The maximum Gasteiger partial charge on any atom is 0.247 e. The normalized spacial score (nSPS) is 11.3. The zero-order chi connectivity index (χ0) is 18.6. The van der Waals surface area contributed by atoms with Gasteiger partial charge in [-0.05, 0) is 24.3 Å². The molecular weight excluding hydrogens is 346 g/mol. The van der Waals surface area contributed by atoms with E-state index >= 15 is 0 Å². The van der Waals surface area contributed by atoms with Crippen LogP contribution in [0, 0.1) is 5.41 Å². The van der Waals surface area contributed by atoms with Gasteiger partial charge in [-0.2, -0.15) is 0 Å². The van der Waals surface area contributed by atoms with Crippen molar-refractivity contribution in [2.24, 2.45) is 5.41 Å². The number of carbonyl (C=O) groups is 1. The highest BCUT2D eigenvalue weighted by molar-refractivity contribution is 7.98. The number of para-hydroxylation sites is 1. The molecule has 0 atom stereocenters. The number of nitrogens with zero attached hydrogens (tertiary/aromatic N) is 2. The topological polar surface area (TPSA) is 68.0 Å². The van der Waals surface area contributed by atoms with E-state index in [4.69, 9.17) is 4.42 Å². The van der Waals surface area contributed by atoms with Gasteiger partial charge in [0.05, 0.1) is 11.4 Å². The number of nitrogens with one attached hydrogen (secondary N) is 1. The van der Waals surface area contributed by atoms with Crippen LogP contribution in [0.15, 0.2) is 63.9 Å². The molecule has 0 aliphatic rings. The van der Waals surface area contributed by atoms with Crippen LogP contribution in [0.3, 0.4) is 0 Å². The quantitative estimate of drug-likeness (QED) is 0.642. The van der Waals surface area contributed by atoms with Crippen molar-refractivity contribution in [3.63, 3.8) is 0 Å². The minimum absolute atomic E-state index is 0.0188. The van der Waals surface area contributed by atoms with E-state index in [1.165, 1.54) is 0 Å². The van der Waals surface area contributed by atoms with E-state index in [0.29, 0.717) is 17.5 Å². The molecule has 0 fully saturated rings. The van der Waals surface area contributed by atoms with Crippen molar-refractivity contribution < 1.29 is 9.21 Å². The van der Waals surface area contributed by atoms with Gasteiger partial charge in [0.2, 0.25) is 17.7 Å². The Balaban J connectivity index is 1.69. The van der Waals surface area contributed by atoms with Crippen LogP contribution in [-0.2, 0) is 10.5 Å². The molecule has 0 unspecified atom stereocenters. The van der Waals surface area contributed by atoms with Crippen LogP contribution in [0.5, 0.6) is 0 Å². The third kappa shape index (κ3) is 4.52. The van der Waals surface area contributed by atoms with Crippen molar-refractivity contribution in [1.29, 1.82) is 0 Å². The summed E-state index contributed by atoms with van der Waals surface area (Å²) in [6.45, 7) is 5.67. The van der Waals surface area contributed by atoms with Gasteiger partial charge in [-0.3, -0.25) is 4.79 Å². The fraction of sp³-hybridized carbons (Fsp3) is 0.250. The summed E-state index contributed by atoms with van der Waals surface area (Å²) >= 11 is 1.55. The number of anilines is 1. The maximum atomic E-state index is 12.3. The van der Waals surface area contributed by atoms with Crippen molar-refractivity contribution >= 4 is 23.4 Å². The summed E-state index contributed by atoms with van der Waals surface area (Å²) in [5.74, 6) is 1.57. The molecule has 5 nitrogen and oxygen atoms in total. The molecule has 0 aliphatic carbocycles. The van der Waals surface area contributed by atoms with Crippen LogP contribution in [0.4, 0.5) is 5.69 Å². The smallest absolute Gasteiger partial charge is 0.247 e. The number of benzene rings is 2. The summed E-state index contributed by atoms with van der Waals surface area (Å²) in [6.07, 6.45) is 0. The van der Waals surface area contributed by atoms with Crippen molar-refractivity contribution in [2.45, 2.75) is 31.4 Å². The average Bonchev–Trinajstić information content (AvgIpc) is 3.10. The van der Waals surface area contributed by atoms with Crippen molar-refractivity contribution in [3.8, 4) is 11.5 Å². The van der Waals surface area contributed by atoms with Gasteiger partial charge in [0.15, 0.2) is 0 Å². The van der Waals surface area contributed by atoms with Crippen LogP contribution in [-0.4, -0.2) is 16.1 Å². The predicted octanol–water partition coefficient (Wildman–Crippen LogP) is 5.01. The van der Waals surface area contributed by atoms with E-state index in [-0.39, 0.29) is 5.91 Å². The summed E-state index contributed by atoms with van der Waals surface area (Å²) in [6, 6.07) is 17.4. The lowest BCUT2D eigenvalue weighted by Gasteiger charge is -2.19. The monoisotopic (exact) mass is 367 g/mol. The first-order valence-electron chi connectivity index (χ1n) is 8.34. The molecule has 0 spiro atoms. The highest BCUT2D eigenvalue weighted by Gasteiger charge is 2.22. The van der Waals surface area contributed by atoms with Crippen molar-refractivity contribution in [1.82, 2.24) is 10.2 Å². The molecule has 1 aromatic heterocycles. The molecule has 26 heavy (non-hydrogen) atoms. The summed E-state index contributed by atoms with van der Waals surface area (Å²) in [7, 11) is 0. The Bertz CT molecular complexity index is 885. The fourth-order valence-electron chi connectivity index (χ4n) is 2.15. The van der Waals surface area contributed by atoms with Gasteiger partial charge in [-0.15, -0.1) is 22.0 Å². The number of hydrogen-bond donors (Lipinski definition) is 1. The second kappa shape index (κ2) is 7.74. The highest BCUT2D eigenvalue weighted by atomic mass is 32.2. The summed E-state index contributed by atoms with van der Waals surface area (Å²) in [5.41, 5.74) is 1.24. The number of hydrogen-bond acceptors (Lipinski definition) is 5. The molecule has 1 heterocycles. The number of rotatable bonds is 5. The van der Waals surface area contributed by atoms with Gasteiger partial charge in [-0.1, -0.05) is 51.1 Å². The van der Waals surface area contributed by atoms with E-state index in [0.717, 1.165) is 16.1 Å². The van der Waals surface area contributed by atoms with Gasteiger partial charge in [0.1, 0.15) is 0 Å². The largest absolute Gasteiger partial charge is 0.420 e. The molecule has 0 bridgehead atoms. The average molecular weight is 367 g/mol. The van der Waals surface area contributed by atoms with E-state index in [2.05, 4.69) is 15.5 Å². The molecule has 0 saturated heterocycles. The molecule has 0 radical (unpaired) electrons. The molecule has 0 aliphatic heterocycles. The Morgan fingerprint density at radius 1 is 1.04 bits per heavy atom. The maximum absolute atomic E-state index is 12.3. The SMILES string of the molecule is CC(C)(C)C(=O)Nc1ccccc1SCc1nnc(-c2ccccc2)o1. The van der Waals surface area contributed by atoms with Gasteiger partial charge in [-0.25, -0.2) is 0 Å². The Morgan fingerprint density at radius 3 is 2.46 bits per heavy atom. The Morgan fingerprint density at radius 2 is 1.73 bits per heavy atom. The van der Waals surface area contributed by atoms with Gasteiger partial charge in [0, 0.05) is 15.9 Å². The lowest BCUT2D eigenvalue weighted by atomic mass is 9.95. The van der Waals surface area contributed by atoms with Crippen LogP contribution in [0.2, 0.25) is 0 Å².